The van der Waals surface area contributed by atoms with E-state index >= 15 is 0 Å². The van der Waals surface area contributed by atoms with Crippen LogP contribution in [0, 0.1) is 29.1 Å². The lowest BCUT2D eigenvalue weighted by atomic mass is 9.59. The average Bonchev–Trinajstić information content (AvgIpc) is 2.92. The molecule has 0 spiro atoms. The van der Waals surface area contributed by atoms with Gasteiger partial charge in [0.15, 0.2) is 0 Å². The molecule has 4 heteroatoms. The van der Waals surface area contributed by atoms with E-state index in [0.717, 1.165) is 64.2 Å². The van der Waals surface area contributed by atoms with Crippen LogP contribution >= 0.6 is 0 Å². The van der Waals surface area contributed by atoms with Crippen LogP contribution in [0.5, 0.6) is 0 Å². The highest BCUT2D eigenvalue weighted by molar-refractivity contribution is 5.75. The lowest BCUT2D eigenvalue weighted by Crippen LogP contribution is -2.45. The summed E-state index contributed by atoms with van der Waals surface area (Å²) in [5, 5.41) is 19.6. The number of carboxylic acid groups (broad SMARTS) is 2. The van der Waals surface area contributed by atoms with Crippen LogP contribution < -0.4 is 0 Å². The molecule has 4 unspecified atom stereocenters. The second-order valence-electron chi connectivity index (χ2n) is 13.3. The predicted octanol–water partition coefficient (Wildman–Crippen LogP) is 11.7. The molecule has 0 bridgehead atoms. The third-order valence-corrected chi connectivity index (χ3v) is 9.93. The zero-order valence-corrected chi connectivity index (χ0v) is 27.8. The van der Waals surface area contributed by atoms with Crippen LogP contribution in [0.15, 0.2) is 0 Å². The van der Waals surface area contributed by atoms with Crippen molar-refractivity contribution in [1.82, 2.24) is 0 Å². The molecular formula is C36H70O4. The second kappa shape index (κ2) is 24.5. The molecule has 0 amide bonds. The highest BCUT2D eigenvalue weighted by atomic mass is 16.4. The van der Waals surface area contributed by atoms with Gasteiger partial charge < -0.3 is 10.2 Å². The van der Waals surface area contributed by atoms with Crippen molar-refractivity contribution in [3.05, 3.63) is 0 Å². The molecule has 0 radical (unpaired) electrons. The molecule has 0 aliphatic carbocycles. The van der Waals surface area contributed by atoms with Crippen LogP contribution in [-0.4, -0.2) is 22.2 Å². The summed E-state index contributed by atoms with van der Waals surface area (Å²) in [5.41, 5.74) is -0.613. The Labute approximate surface area is 249 Å². The van der Waals surface area contributed by atoms with Crippen LogP contribution in [-0.2, 0) is 9.59 Å². The molecule has 4 nitrogen and oxygen atoms in total. The first-order valence-electron chi connectivity index (χ1n) is 17.6. The van der Waals surface area contributed by atoms with E-state index in [0.29, 0.717) is 18.3 Å². The number of hydrogen-bond acceptors (Lipinski definition) is 2. The Hall–Kier alpha value is -1.06. The standard InChI is InChI=1S/C36H70O4/c1-7-11-24-31(9-3)28-33(36(30(5)6,35(39)40)29-32(10-4)25-12-8-2)26-22-20-18-16-14-13-15-17-19-21-23-27-34(37)38/h30-33H,7-29H2,1-6H3,(H,37,38)(H,39,40). The maximum Gasteiger partial charge on any atom is 0.310 e. The maximum absolute atomic E-state index is 13.2. The zero-order valence-electron chi connectivity index (χ0n) is 27.8. The maximum atomic E-state index is 13.2. The van der Waals surface area contributed by atoms with Gasteiger partial charge in [0.05, 0.1) is 5.41 Å². The van der Waals surface area contributed by atoms with Gasteiger partial charge in [0.2, 0.25) is 0 Å². The summed E-state index contributed by atoms with van der Waals surface area (Å²) in [6, 6.07) is 0. The van der Waals surface area contributed by atoms with E-state index in [1.165, 1.54) is 77.0 Å². The molecule has 0 aliphatic rings. The molecular weight excluding hydrogens is 496 g/mol. The van der Waals surface area contributed by atoms with Gasteiger partial charge in [0.25, 0.3) is 0 Å². The summed E-state index contributed by atoms with van der Waals surface area (Å²) in [4.78, 5) is 23.8. The third-order valence-electron chi connectivity index (χ3n) is 9.93. The summed E-state index contributed by atoms with van der Waals surface area (Å²) in [6.45, 7) is 13.5. The van der Waals surface area contributed by atoms with Crippen LogP contribution in [0.1, 0.15) is 189 Å². The van der Waals surface area contributed by atoms with E-state index in [-0.39, 0.29) is 11.8 Å². The fourth-order valence-electron chi connectivity index (χ4n) is 7.03. The van der Waals surface area contributed by atoms with Gasteiger partial charge in [-0.3, -0.25) is 9.59 Å². The van der Waals surface area contributed by atoms with Crippen molar-refractivity contribution >= 4 is 11.9 Å². The topological polar surface area (TPSA) is 74.6 Å². The molecule has 0 aromatic carbocycles. The number of carbonyl (C=O) groups is 2. The summed E-state index contributed by atoms with van der Waals surface area (Å²) in [5.74, 6) is 0.358. The first-order valence-corrected chi connectivity index (χ1v) is 17.6. The average molecular weight is 567 g/mol. The first kappa shape index (κ1) is 38.9. The van der Waals surface area contributed by atoms with Crippen LogP contribution in [0.4, 0.5) is 0 Å². The number of aliphatic carboxylic acids is 2. The van der Waals surface area contributed by atoms with E-state index in [1.807, 2.05) is 0 Å². The van der Waals surface area contributed by atoms with Gasteiger partial charge >= 0.3 is 11.9 Å². The van der Waals surface area contributed by atoms with E-state index in [4.69, 9.17) is 5.11 Å². The van der Waals surface area contributed by atoms with Gasteiger partial charge in [-0.15, -0.1) is 0 Å². The molecule has 0 aromatic heterocycles. The van der Waals surface area contributed by atoms with Crippen molar-refractivity contribution < 1.29 is 19.8 Å². The lowest BCUT2D eigenvalue weighted by molar-refractivity contribution is -0.160. The predicted molar refractivity (Wildman–Crippen MR) is 172 cm³/mol. The SMILES string of the molecule is CCCCC(CC)CC(CCCCCCCCCCCCCC(=O)O)C(CC(CC)CCCC)(C(=O)O)C(C)C. The zero-order chi connectivity index (χ0) is 30.2. The minimum absolute atomic E-state index is 0.151. The normalized spacial score (nSPS) is 15.6. The third kappa shape index (κ3) is 16.4. The van der Waals surface area contributed by atoms with Crippen molar-refractivity contribution in [2.24, 2.45) is 29.1 Å². The summed E-state index contributed by atoms with van der Waals surface area (Å²) in [7, 11) is 0. The Morgan fingerprint density at radius 3 is 1.45 bits per heavy atom. The van der Waals surface area contributed by atoms with Gasteiger partial charge in [-0.05, 0) is 49.4 Å². The van der Waals surface area contributed by atoms with Crippen LogP contribution in [0.2, 0.25) is 0 Å². The summed E-state index contributed by atoms with van der Waals surface area (Å²) >= 11 is 0. The highest BCUT2D eigenvalue weighted by Gasteiger charge is 2.49. The van der Waals surface area contributed by atoms with Gasteiger partial charge in [-0.2, -0.15) is 0 Å². The number of hydrogen-bond donors (Lipinski definition) is 2. The van der Waals surface area contributed by atoms with Crippen molar-refractivity contribution in [3.8, 4) is 0 Å². The minimum Gasteiger partial charge on any atom is -0.481 e. The van der Waals surface area contributed by atoms with Crippen molar-refractivity contribution in [2.75, 3.05) is 0 Å². The largest absolute Gasteiger partial charge is 0.481 e. The molecule has 40 heavy (non-hydrogen) atoms. The quantitative estimate of drug-likeness (QED) is 0.0883. The summed E-state index contributed by atoms with van der Waals surface area (Å²) in [6.07, 6.45) is 25.8. The molecule has 0 saturated carbocycles. The van der Waals surface area contributed by atoms with Gasteiger partial charge in [-0.25, -0.2) is 0 Å². The van der Waals surface area contributed by atoms with E-state index in [9.17, 15) is 14.7 Å². The molecule has 0 saturated heterocycles. The Balaban J connectivity index is 5.08. The molecule has 0 aromatic rings. The number of unbranched alkanes of at least 4 members (excludes halogenated alkanes) is 12. The molecule has 0 rings (SSSR count). The fourth-order valence-corrected chi connectivity index (χ4v) is 7.03. The smallest absolute Gasteiger partial charge is 0.310 e. The molecule has 238 valence electrons. The van der Waals surface area contributed by atoms with Crippen molar-refractivity contribution in [3.63, 3.8) is 0 Å². The van der Waals surface area contributed by atoms with Crippen LogP contribution in [0.25, 0.3) is 0 Å². The van der Waals surface area contributed by atoms with Crippen molar-refractivity contribution in [2.45, 2.75) is 189 Å². The van der Waals surface area contributed by atoms with E-state index in [2.05, 4.69) is 41.5 Å². The number of carboxylic acids is 2. The van der Waals surface area contributed by atoms with E-state index in [1.54, 1.807) is 0 Å². The first-order chi connectivity index (χ1) is 19.2. The molecule has 2 N–H and O–H groups in total. The van der Waals surface area contributed by atoms with Crippen molar-refractivity contribution in [1.29, 1.82) is 0 Å². The van der Waals surface area contributed by atoms with Gasteiger partial charge in [0, 0.05) is 6.42 Å². The Kier molecular flexibility index (Phi) is 23.9. The van der Waals surface area contributed by atoms with Crippen LogP contribution in [0.3, 0.4) is 0 Å². The Bertz CT molecular complexity index is 616. The fraction of sp³-hybridized carbons (Fsp3) is 0.944. The van der Waals surface area contributed by atoms with Gasteiger partial charge in [-0.1, -0.05) is 157 Å². The molecule has 0 aliphatic heterocycles. The Morgan fingerprint density at radius 1 is 0.600 bits per heavy atom. The highest BCUT2D eigenvalue weighted by Crippen LogP contribution is 2.49. The lowest BCUT2D eigenvalue weighted by Gasteiger charge is -2.44. The Morgan fingerprint density at radius 2 is 1.05 bits per heavy atom. The number of rotatable bonds is 29. The second-order valence-corrected chi connectivity index (χ2v) is 13.3. The molecule has 0 fully saturated rings. The van der Waals surface area contributed by atoms with Gasteiger partial charge in [0.1, 0.15) is 0 Å². The van der Waals surface area contributed by atoms with E-state index < -0.39 is 17.4 Å². The summed E-state index contributed by atoms with van der Waals surface area (Å²) < 4.78 is 0. The molecule has 0 heterocycles. The molecule has 4 atom stereocenters. The monoisotopic (exact) mass is 567 g/mol. The minimum atomic E-state index is -0.678.